The highest BCUT2D eigenvalue weighted by Gasteiger charge is 2.33. The van der Waals surface area contributed by atoms with E-state index in [1.807, 2.05) is 11.9 Å². The maximum atomic E-state index is 12.3. The molecule has 1 aromatic carbocycles. The molecule has 1 aromatic rings. The summed E-state index contributed by atoms with van der Waals surface area (Å²) in [6.07, 6.45) is -4.80. The fraction of sp³-hybridized carbons (Fsp3) is 0.500. The van der Waals surface area contributed by atoms with Gasteiger partial charge in [-0.25, -0.2) is 0 Å². The molecule has 0 radical (unpaired) electrons. The van der Waals surface area contributed by atoms with Crippen LogP contribution in [0.3, 0.4) is 0 Å². The van der Waals surface area contributed by atoms with Crippen molar-refractivity contribution in [1.82, 2.24) is 9.80 Å². The molecule has 0 bridgehead atoms. The van der Waals surface area contributed by atoms with Crippen molar-refractivity contribution in [2.75, 3.05) is 39.8 Å². The van der Waals surface area contributed by atoms with Crippen LogP contribution in [0.15, 0.2) is 24.3 Å². The molecule has 0 spiro atoms. The van der Waals surface area contributed by atoms with Crippen LogP contribution >= 0.6 is 0 Å². The molecule has 0 aliphatic carbocycles. The largest absolute Gasteiger partial charge is 0.573 e. The smallest absolute Gasteiger partial charge is 0.405 e. The predicted molar refractivity (Wildman–Crippen MR) is 71.4 cm³/mol. The van der Waals surface area contributed by atoms with E-state index < -0.39 is 12.1 Å². The van der Waals surface area contributed by atoms with Crippen molar-refractivity contribution in [2.24, 2.45) is 0 Å². The van der Waals surface area contributed by atoms with Gasteiger partial charge in [-0.2, -0.15) is 0 Å². The minimum absolute atomic E-state index is 0.0336. The number of nitrogens with zero attached hydrogens (tertiary/aromatic N) is 2. The highest BCUT2D eigenvalue weighted by atomic mass is 19.4. The van der Waals surface area contributed by atoms with E-state index >= 15 is 0 Å². The Kier molecular flexibility index (Phi) is 4.84. The number of hydrogen-bond donors (Lipinski definition) is 0. The number of carbonyl (C=O) groups excluding carboxylic acids is 1. The van der Waals surface area contributed by atoms with Crippen molar-refractivity contribution in [3.63, 3.8) is 0 Å². The van der Waals surface area contributed by atoms with E-state index in [2.05, 4.69) is 9.64 Å². The summed E-state index contributed by atoms with van der Waals surface area (Å²) in [5.74, 6) is -0.802. The Morgan fingerprint density at radius 2 is 1.81 bits per heavy atom. The van der Waals surface area contributed by atoms with Crippen LogP contribution in [0.4, 0.5) is 13.2 Å². The van der Waals surface area contributed by atoms with E-state index in [0.717, 1.165) is 32.2 Å². The second-order valence-electron chi connectivity index (χ2n) is 5.05. The van der Waals surface area contributed by atoms with Crippen LogP contribution in [0.5, 0.6) is 5.75 Å². The second kappa shape index (κ2) is 6.44. The quantitative estimate of drug-likeness (QED) is 0.797. The zero-order valence-corrected chi connectivity index (χ0v) is 11.7. The monoisotopic (exact) mass is 302 g/mol. The number of piperazine rings is 1. The van der Waals surface area contributed by atoms with E-state index in [1.165, 1.54) is 18.2 Å². The molecule has 21 heavy (non-hydrogen) atoms. The molecule has 0 atom stereocenters. The van der Waals surface area contributed by atoms with Crippen LogP contribution in [0.25, 0.3) is 0 Å². The number of halogens is 3. The Balaban J connectivity index is 2.05. The van der Waals surface area contributed by atoms with Crippen LogP contribution in [0, 0.1) is 0 Å². The van der Waals surface area contributed by atoms with E-state index in [4.69, 9.17) is 0 Å². The Bertz CT molecular complexity index is 497. The standard InChI is InChI=1S/C14H17F3N2O2/c1-18-6-8-19(9-7-18)10-12(20)11-4-2-3-5-13(11)21-14(15,16)17/h2-5H,6-10H2,1H3. The molecule has 1 aliphatic heterocycles. The molecule has 7 heteroatoms. The number of benzene rings is 1. The van der Waals surface area contributed by atoms with Gasteiger partial charge in [0.05, 0.1) is 12.1 Å². The minimum atomic E-state index is -4.80. The maximum absolute atomic E-state index is 12.3. The van der Waals surface area contributed by atoms with E-state index in [0.29, 0.717) is 0 Å². The van der Waals surface area contributed by atoms with Crippen molar-refractivity contribution in [3.8, 4) is 5.75 Å². The molecule has 0 amide bonds. The average Bonchev–Trinajstić information content (AvgIpc) is 2.40. The van der Waals surface area contributed by atoms with Gasteiger partial charge in [-0.15, -0.1) is 13.2 Å². The number of ether oxygens (including phenoxy) is 1. The summed E-state index contributed by atoms with van der Waals surface area (Å²) < 4.78 is 40.9. The Labute approximate surface area is 121 Å². The van der Waals surface area contributed by atoms with Crippen molar-refractivity contribution in [3.05, 3.63) is 29.8 Å². The van der Waals surface area contributed by atoms with Crippen LogP contribution in [0.2, 0.25) is 0 Å². The molecule has 0 aromatic heterocycles. The van der Waals surface area contributed by atoms with Gasteiger partial charge in [-0.05, 0) is 19.2 Å². The number of Topliss-reactive ketones (excluding diaryl/α,β-unsaturated/α-hetero) is 1. The summed E-state index contributed by atoms with van der Waals surface area (Å²) in [4.78, 5) is 16.3. The molecule has 0 unspecified atom stereocenters. The summed E-state index contributed by atoms with van der Waals surface area (Å²) in [6.45, 7) is 3.24. The molecule has 0 N–H and O–H groups in total. The summed E-state index contributed by atoms with van der Waals surface area (Å²) in [6, 6.07) is 5.46. The van der Waals surface area contributed by atoms with Crippen molar-refractivity contribution < 1.29 is 22.7 Å². The van der Waals surface area contributed by atoms with Crippen LogP contribution in [0.1, 0.15) is 10.4 Å². The normalized spacial score (nSPS) is 17.7. The third kappa shape index (κ3) is 4.71. The first-order chi connectivity index (χ1) is 9.85. The van der Waals surface area contributed by atoms with Gasteiger partial charge in [0.2, 0.25) is 0 Å². The van der Waals surface area contributed by atoms with Gasteiger partial charge in [0, 0.05) is 26.2 Å². The SMILES string of the molecule is CN1CCN(CC(=O)c2ccccc2OC(F)(F)F)CC1. The molecule has 1 fully saturated rings. The lowest BCUT2D eigenvalue weighted by Gasteiger charge is -2.31. The fourth-order valence-electron chi connectivity index (χ4n) is 2.20. The third-order valence-corrected chi connectivity index (χ3v) is 3.38. The van der Waals surface area contributed by atoms with Gasteiger partial charge in [-0.1, -0.05) is 12.1 Å². The maximum Gasteiger partial charge on any atom is 0.573 e. The molecule has 1 heterocycles. The van der Waals surface area contributed by atoms with Gasteiger partial charge in [0.15, 0.2) is 5.78 Å². The Morgan fingerprint density at radius 3 is 2.43 bits per heavy atom. The zero-order chi connectivity index (χ0) is 15.5. The van der Waals surface area contributed by atoms with E-state index in [9.17, 15) is 18.0 Å². The molecule has 1 saturated heterocycles. The lowest BCUT2D eigenvalue weighted by atomic mass is 10.1. The van der Waals surface area contributed by atoms with Gasteiger partial charge in [0.25, 0.3) is 0 Å². The number of rotatable bonds is 4. The zero-order valence-electron chi connectivity index (χ0n) is 11.7. The van der Waals surface area contributed by atoms with Crippen LogP contribution in [-0.4, -0.2) is 61.7 Å². The van der Waals surface area contributed by atoms with Crippen molar-refractivity contribution in [1.29, 1.82) is 0 Å². The number of para-hydroxylation sites is 1. The number of alkyl halides is 3. The lowest BCUT2D eigenvalue weighted by molar-refractivity contribution is -0.274. The van der Waals surface area contributed by atoms with Crippen LogP contribution < -0.4 is 4.74 Å². The molecule has 1 aliphatic rings. The first-order valence-electron chi connectivity index (χ1n) is 6.64. The van der Waals surface area contributed by atoms with E-state index in [-0.39, 0.29) is 17.9 Å². The number of ketones is 1. The first kappa shape index (κ1) is 15.8. The first-order valence-corrected chi connectivity index (χ1v) is 6.64. The Hall–Kier alpha value is -1.60. The summed E-state index contributed by atoms with van der Waals surface area (Å²) in [5, 5.41) is 0. The summed E-state index contributed by atoms with van der Waals surface area (Å²) >= 11 is 0. The lowest BCUT2D eigenvalue weighted by Crippen LogP contribution is -2.46. The molecule has 0 saturated carbocycles. The average molecular weight is 302 g/mol. The molecular weight excluding hydrogens is 285 g/mol. The molecule has 4 nitrogen and oxygen atoms in total. The number of hydrogen-bond acceptors (Lipinski definition) is 4. The molecule has 2 rings (SSSR count). The van der Waals surface area contributed by atoms with Gasteiger partial charge >= 0.3 is 6.36 Å². The third-order valence-electron chi connectivity index (χ3n) is 3.38. The van der Waals surface area contributed by atoms with Crippen LogP contribution in [-0.2, 0) is 0 Å². The van der Waals surface area contributed by atoms with Crippen molar-refractivity contribution in [2.45, 2.75) is 6.36 Å². The number of likely N-dealkylation sites (N-methyl/N-ethyl adjacent to an activating group) is 1. The highest BCUT2D eigenvalue weighted by molar-refractivity contribution is 6.00. The highest BCUT2D eigenvalue weighted by Crippen LogP contribution is 2.26. The topological polar surface area (TPSA) is 32.8 Å². The Morgan fingerprint density at radius 1 is 1.19 bits per heavy atom. The summed E-state index contributed by atoms with van der Waals surface area (Å²) in [7, 11) is 1.99. The fourth-order valence-corrected chi connectivity index (χ4v) is 2.20. The van der Waals surface area contributed by atoms with E-state index in [1.54, 1.807) is 0 Å². The predicted octanol–water partition coefficient (Wildman–Crippen LogP) is 2.02. The van der Waals surface area contributed by atoms with Gasteiger partial charge in [0.1, 0.15) is 5.75 Å². The van der Waals surface area contributed by atoms with Crippen molar-refractivity contribution >= 4 is 5.78 Å². The molecule has 116 valence electrons. The van der Waals surface area contributed by atoms with Gasteiger partial charge < -0.3 is 9.64 Å². The summed E-state index contributed by atoms with van der Waals surface area (Å²) in [5.41, 5.74) is -0.0336. The second-order valence-corrected chi connectivity index (χ2v) is 5.05. The van der Waals surface area contributed by atoms with Gasteiger partial charge in [-0.3, -0.25) is 9.69 Å². The molecular formula is C14H17F3N2O2. The minimum Gasteiger partial charge on any atom is -0.405 e. The number of carbonyl (C=O) groups is 1.